The molecule has 1 aromatic heterocycles. The lowest BCUT2D eigenvalue weighted by atomic mass is 10.1. The van der Waals surface area contributed by atoms with Crippen molar-refractivity contribution in [2.45, 2.75) is 26.3 Å². The Kier molecular flexibility index (Phi) is 3.89. The second-order valence-electron chi connectivity index (χ2n) is 4.43. The summed E-state index contributed by atoms with van der Waals surface area (Å²) < 4.78 is 5.61. The van der Waals surface area contributed by atoms with Gasteiger partial charge < -0.3 is 10.5 Å². The molecule has 0 radical (unpaired) electrons. The Balaban J connectivity index is 2.06. The second-order valence-corrected chi connectivity index (χ2v) is 4.43. The smallest absolute Gasteiger partial charge is 0.238 e. The third kappa shape index (κ3) is 3.53. The Labute approximate surface area is 107 Å². The zero-order chi connectivity index (χ0) is 13.0. The van der Waals surface area contributed by atoms with Crippen LogP contribution in [-0.2, 0) is 6.42 Å². The summed E-state index contributed by atoms with van der Waals surface area (Å²) in [5.41, 5.74) is 7.79. The molecule has 0 aliphatic carbocycles. The van der Waals surface area contributed by atoms with Crippen molar-refractivity contribution in [2.75, 3.05) is 0 Å². The molecule has 2 rings (SSSR count). The van der Waals surface area contributed by atoms with Gasteiger partial charge in [0, 0.05) is 12.2 Å². The summed E-state index contributed by atoms with van der Waals surface area (Å²) >= 11 is 0. The fourth-order valence-corrected chi connectivity index (χ4v) is 1.68. The van der Waals surface area contributed by atoms with E-state index in [-0.39, 0.29) is 6.04 Å². The third-order valence-electron chi connectivity index (χ3n) is 2.44. The largest absolute Gasteiger partial charge is 0.437 e. The average Bonchev–Trinajstić information content (AvgIpc) is 2.31. The predicted octanol–water partition coefficient (Wildman–Crippen LogP) is 2.47. The molecule has 0 saturated heterocycles. The number of aromatic nitrogens is 2. The van der Waals surface area contributed by atoms with Crippen LogP contribution in [0.1, 0.15) is 18.2 Å². The lowest BCUT2D eigenvalue weighted by Crippen LogP contribution is -2.17. The maximum absolute atomic E-state index is 5.75. The molecule has 0 amide bonds. The number of rotatable bonds is 4. The van der Waals surface area contributed by atoms with E-state index in [9.17, 15) is 0 Å². The van der Waals surface area contributed by atoms with Crippen LogP contribution in [0.15, 0.2) is 36.7 Å². The highest BCUT2D eigenvalue weighted by molar-refractivity contribution is 5.30. The van der Waals surface area contributed by atoms with Gasteiger partial charge in [-0.25, -0.2) is 4.98 Å². The average molecular weight is 243 g/mol. The van der Waals surface area contributed by atoms with Gasteiger partial charge in [0.05, 0.1) is 11.9 Å². The standard InChI is InChI=1S/C14H17N3O/c1-10(15)7-12-3-5-13(6-4-12)18-14-9-16-8-11(2)17-14/h3-6,8-10H,7,15H2,1-2H3. The summed E-state index contributed by atoms with van der Waals surface area (Å²) in [4.78, 5) is 8.27. The Morgan fingerprint density at radius 2 is 1.94 bits per heavy atom. The maximum Gasteiger partial charge on any atom is 0.238 e. The quantitative estimate of drug-likeness (QED) is 0.896. The molecule has 1 unspecified atom stereocenters. The zero-order valence-corrected chi connectivity index (χ0v) is 10.6. The number of hydrogen-bond donors (Lipinski definition) is 1. The molecule has 2 aromatic rings. The number of nitrogens with zero attached hydrogens (tertiary/aromatic N) is 2. The fourth-order valence-electron chi connectivity index (χ4n) is 1.68. The van der Waals surface area contributed by atoms with Crippen molar-refractivity contribution in [3.8, 4) is 11.6 Å². The van der Waals surface area contributed by atoms with Crippen LogP contribution in [0.25, 0.3) is 0 Å². The number of nitrogens with two attached hydrogens (primary N) is 1. The van der Waals surface area contributed by atoms with E-state index >= 15 is 0 Å². The van der Waals surface area contributed by atoms with Crippen molar-refractivity contribution in [2.24, 2.45) is 5.73 Å². The number of ether oxygens (including phenoxy) is 1. The van der Waals surface area contributed by atoms with E-state index in [1.54, 1.807) is 12.4 Å². The molecule has 0 bridgehead atoms. The van der Waals surface area contributed by atoms with Crippen molar-refractivity contribution in [3.05, 3.63) is 47.9 Å². The van der Waals surface area contributed by atoms with Crippen LogP contribution >= 0.6 is 0 Å². The monoisotopic (exact) mass is 243 g/mol. The molecule has 0 saturated carbocycles. The second kappa shape index (κ2) is 5.60. The highest BCUT2D eigenvalue weighted by Crippen LogP contribution is 2.19. The first-order valence-electron chi connectivity index (χ1n) is 5.94. The van der Waals surface area contributed by atoms with Crippen LogP contribution in [0, 0.1) is 6.92 Å². The molecular formula is C14H17N3O. The highest BCUT2D eigenvalue weighted by Gasteiger charge is 2.01. The van der Waals surface area contributed by atoms with Crippen LogP contribution < -0.4 is 10.5 Å². The van der Waals surface area contributed by atoms with Crippen molar-refractivity contribution in [1.29, 1.82) is 0 Å². The van der Waals surface area contributed by atoms with E-state index in [1.165, 1.54) is 5.56 Å². The zero-order valence-electron chi connectivity index (χ0n) is 10.6. The van der Waals surface area contributed by atoms with E-state index in [0.29, 0.717) is 5.88 Å². The summed E-state index contributed by atoms with van der Waals surface area (Å²) in [6.45, 7) is 3.87. The fraction of sp³-hybridized carbons (Fsp3) is 0.286. The lowest BCUT2D eigenvalue weighted by Gasteiger charge is -2.07. The van der Waals surface area contributed by atoms with Gasteiger partial charge in [0.1, 0.15) is 5.75 Å². The van der Waals surface area contributed by atoms with Gasteiger partial charge in [-0.2, -0.15) is 0 Å². The van der Waals surface area contributed by atoms with Crippen LogP contribution in [0.3, 0.4) is 0 Å². The summed E-state index contributed by atoms with van der Waals surface area (Å²) in [5.74, 6) is 1.26. The van der Waals surface area contributed by atoms with Gasteiger partial charge in [0.2, 0.25) is 5.88 Å². The number of benzene rings is 1. The summed E-state index contributed by atoms with van der Waals surface area (Å²) in [7, 11) is 0. The SMILES string of the molecule is Cc1cncc(Oc2ccc(CC(C)N)cc2)n1. The first-order valence-corrected chi connectivity index (χ1v) is 5.94. The molecule has 0 fully saturated rings. The van der Waals surface area contributed by atoms with Gasteiger partial charge in [0.15, 0.2) is 0 Å². The van der Waals surface area contributed by atoms with Gasteiger partial charge in [0.25, 0.3) is 0 Å². The number of aryl methyl sites for hydroxylation is 1. The minimum atomic E-state index is 0.166. The predicted molar refractivity (Wildman–Crippen MR) is 70.6 cm³/mol. The maximum atomic E-state index is 5.75. The number of hydrogen-bond acceptors (Lipinski definition) is 4. The first-order chi connectivity index (χ1) is 8.63. The molecule has 2 N–H and O–H groups in total. The molecule has 1 heterocycles. The molecule has 4 nitrogen and oxygen atoms in total. The molecule has 4 heteroatoms. The van der Waals surface area contributed by atoms with Crippen molar-refractivity contribution in [1.82, 2.24) is 9.97 Å². The molecule has 94 valence electrons. The Morgan fingerprint density at radius 3 is 2.56 bits per heavy atom. The molecule has 1 aromatic carbocycles. The first kappa shape index (κ1) is 12.5. The Hall–Kier alpha value is -1.94. The highest BCUT2D eigenvalue weighted by atomic mass is 16.5. The summed E-state index contributed by atoms with van der Waals surface area (Å²) in [5, 5.41) is 0. The van der Waals surface area contributed by atoms with Crippen LogP contribution in [0.4, 0.5) is 0 Å². The minimum absolute atomic E-state index is 0.166. The van der Waals surface area contributed by atoms with Crippen molar-refractivity contribution < 1.29 is 4.74 Å². The van der Waals surface area contributed by atoms with Crippen LogP contribution in [0.5, 0.6) is 11.6 Å². The van der Waals surface area contributed by atoms with Gasteiger partial charge >= 0.3 is 0 Å². The van der Waals surface area contributed by atoms with Crippen molar-refractivity contribution >= 4 is 0 Å². The van der Waals surface area contributed by atoms with E-state index < -0.39 is 0 Å². The van der Waals surface area contributed by atoms with Crippen LogP contribution in [-0.4, -0.2) is 16.0 Å². The summed E-state index contributed by atoms with van der Waals surface area (Å²) in [6, 6.07) is 8.03. The Bertz CT molecular complexity index is 509. The molecule has 18 heavy (non-hydrogen) atoms. The van der Waals surface area contributed by atoms with E-state index in [0.717, 1.165) is 17.9 Å². The normalized spacial score (nSPS) is 12.2. The van der Waals surface area contributed by atoms with E-state index in [4.69, 9.17) is 10.5 Å². The molecule has 0 spiro atoms. The molecule has 0 aliphatic heterocycles. The minimum Gasteiger partial charge on any atom is -0.437 e. The molecular weight excluding hydrogens is 226 g/mol. The van der Waals surface area contributed by atoms with E-state index in [2.05, 4.69) is 9.97 Å². The summed E-state index contributed by atoms with van der Waals surface area (Å²) in [6.07, 6.45) is 4.16. The van der Waals surface area contributed by atoms with Gasteiger partial charge in [-0.15, -0.1) is 0 Å². The van der Waals surface area contributed by atoms with Gasteiger partial charge in [-0.1, -0.05) is 12.1 Å². The van der Waals surface area contributed by atoms with Gasteiger partial charge in [-0.3, -0.25) is 4.98 Å². The van der Waals surface area contributed by atoms with Gasteiger partial charge in [-0.05, 0) is 38.0 Å². The third-order valence-corrected chi connectivity index (χ3v) is 2.44. The van der Waals surface area contributed by atoms with E-state index in [1.807, 2.05) is 38.1 Å². The molecule has 1 atom stereocenters. The topological polar surface area (TPSA) is 61.0 Å². The lowest BCUT2D eigenvalue weighted by molar-refractivity contribution is 0.458. The van der Waals surface area contributed by atoms with Crippen LogP contribution in [0.2, 0.25) is 0 Å². The van der Waals surface area contributed by atoms with Crippen molar-refractivity contribution in [3.63, 3.8) is 0 Å². The Morgan fingerprint density at radius 1 is 1.22 bits per heavy atom. The molecule has 0 aliphatic rings.